The number of halogens is 4. The van der Waals surface area contributed by atoms with Gasteiger partial charge in [0.05, 0.1) is 16.7 Å². The fourth-order valence-corrected chi connectivity index (χ4v) is 3.41. The molecule has 0 radical (unpaired) electrons. The summed E-state index contributed by atoms with van der Waals surface area (Å²) in [6.45, 7) is 1.84. The van der Waals surface area contributed by atoms with Crippen molar-refractivity contribution in [2.24, 2.45) is 0 Å². The van der Waals surface area contributed by atoms with E-state index < -0.39 is 24.2 Å². The first-order valence-electron chi connectivity index (χ1n) is 10.1. The highest BCUT2D eigenvalue weighted by atomic mass is 19.3. The molecule has 0 amide bonds. The summed E-state index contributed by atoms with van der Waals surface area (Å²) in [5, 5.41) is 14.8. The third-order valence-corrected chi connectivity index (χ3v) is 5.00. The molecule has 0 unspecified atom stereocenters. The van der Waals surface area contributed by atoms with E-state index >= 15 is 0 Å². The van der Waals surface area contributed by atoms with Crippen molar-refractivity contribution in [2.75, 3.05) is 5.32 Å². The van der Waals surface area contributed by atoms with Crippen molar-refractivity contribution in [3.63, 3.8) is 0 Å². The molecule has 0 bridgehead atoms. The number of aryl methyl sites for hydroxylation is 1. The number of hydrogen-bond donors (Lipinski definition) is 1. The topological polar surface area (TPSA) is 86.3 Å². The first-order chi connectivity index (χ1) is 16.4. The van der Waals surface area contributed by atoms with E-state index in [2.05, 4.69) is 30.6 Å². The molecule has 34 heavy (non-hydrogen) atoms. The van der Waals surface area contributed by atoms with Gasteiger partial charge in [-0.2, -0.15) is 10.2 Å². The van der Waals surface area contributed by atoms with Crippen LogP contribution < -0.4 is 5.32 Å². The van der Waals surface area contributed by atoms with Crippen LogP contribution in [0.15, 0.2) is 60.9 Å². The molecule has 1 aromatic carbocycles. The Morgan fingerprint density at radius 2 is 1.71 bits per heavy atom. The molecule has 1 N–H and O–H groups in total. The second-order valence-electron chi connectivity index (χ2n) is 7.36. The normalized spacial score (nSPS) is 11.6. The van der Waals surface area contributed by atoms with Crippen LogP contribution in [0.1, 0.15) is 29.9 Å². The standard InChI is InChI=1S/C22H16F4N8/c1-12-5-8-18(31-30-12)28-13-6-7-16-14(9-13)27-11-33(16)19-3-2-4-20(29-19)34-17(22(25)26)10-15(32-34)21(23)24/h2-11,21-22H,1H3,(H,28,31). The van der Waals surface area contributed by atoms with Crippen molar-refractivity contribution in [3.05, 3.63) is 78.0 Å². The van der Waals surface area contributed by atoms with E-state index in [1.54, 1.807) is 16.7 Å². The van der Waals surface area contributed by atoms with Gasteiger partial charge in [0.2, 0.25) is 0 Å². The summed E-state index contributed by atoms with van der Waals surface area (Å²) < 4.78 is 55.3. The van der Waals surface area contributed by atoms with E-state index in [0.717, 1.165) is 16.1 Å². The Bertz CT molecular complexity index is 1460. The maximum atomic E-state index is 13.4. The van der Waals surface area contributed by atoms with Gasteiger partial charge in [-0.1, -0.05) is 6.07 Å². The van der Waals surface area contributed by atoms with Gasteiger partial charge in [0.1, 0.15) is 23.5 Å². The van der Waals surface area contributed by atoms with Crippen LogP contribution in [0.3, 0.4) is 0 Å². The molecule has 172 valence electrons. The molecule has 0 saturated heterocycles. The molecule has 0 saturated carbocycles. The van der Waals surface area contributed by atoms with Crippen molar-refractivity contribution >= 4 is 22.5 Å². The average Bonchev–Trinajstić information content (AvgIpc) is 3.46. The Hall–Kier alpha value is -4.35. The lowest BCUT2D eigenvalue weighted by Crippen LogP contribution is -2.07. The van der Waals surface area contributed by atoms with Crippen molar-refractivity contribution in [1.29, 1.82) is 0 Å². The highest BCUT2D eigenvalue weighted by Gasteiger charge is 2.23. The fourth-order valence-electron chi connectivity index (χ4n) is 3.41. The van der Waals surface area contributed by atoms with E-state index in [1.807, 2.05) is 37.3 Å². The van der Waals surface area contributed by atoms with Gasteiger partial charge in [-0.15, -0.1) is 5.10 Å². The number of hydrogen-bond acceptors (Lipinski definition) is 6. The first-order valence-corrected chi connectivity index (χ1v) is 10.1. The number of fused-ring (bicyclic) bond motifs is 1. The maximum absolute atomic E-state index is 13.4. The molecule has 0 aliphatic rings. The van der Waals surface area contributed by atoms with Crippen LogP contribution in [0, 0.1) is 6.92 Å². The van der Waals surface area contributed by atoms with Crippen LogP contribution in [0.4, 0.5) is 29.1 Å². The predicted molar refractivity (Wildman–Crippen MR) is 116 cm³/mol. The number of nitrogens with one attached hydrogen (secondary N) is 1. The van der Waals surface area contributed by atoms with E-state index in [9.17, 15) is 17.6 Å². The minimum atomic E-state index is -3.00. The van der Waals surface area contributed by atoms with Gasteiger partial charge in [-0.05, 0) is 55.5 Å². The van der Waals surface area contributed by atoms with Gasteiger partial charge in [0, 0.05) is 5.69 Å². The van der Waals surface area contributed by atoms with Gasteiger partial charge in [-0.3, -0.25) is 4.57 Å². The van der Waals surface area contributed by atoms with E-state index in [0.29, 0.717) is 28.7 Å². The lowest BCUT2D eigenvalue weighted by atomic mass is 10.2. The number of alkyl halides is 4. The van der Waals surface area contributed by atoms with Crippen molar-refractivity contribution in [2.45, 2.75) is 19.8 Å². The molecule has 0 spiro atoms. The molecule has 4 heterocycles. The third-order valence-electron chi connectivity index (χ3n) is 5.00. The molecule has 5 rings (SSSR count). The van der Waals surface area contributed by atoms with Gasteiger partial charge in [0.25, 0.3) is 12.9 Å². The predicted octanol–water partition coefficient (Wildman–Crippen LogP) is 5.32. The van der Waals surface area contributed by atoms with Crippen LogP contribution in [0.25, 0.3) is 22.7 Å². The second-order valence-corrected chi connectivity index (χ2v) is 7.36. The summed E-state index contributed by atoms with van der Waals surface area (Å²) in [6.07, 6.45) is -4.44. The highest BCUT2D eigenvalue weighted by Crippen LogP contribution is 2.28. The number of aromatic nitrogens is 7. The minimum Gasteiger partial charge on any atom is -0.339 e. The van der Waals surface area contributed by atoms with Crippen LogP contribution in [0.2, 0.25) is 0 Å². The molecule has 8 nitrogen and oxygen atoms in total. The van der Waals surface area contributed by atoms with Gasteiger partial charge in [0.15, 0.2) is 11.6 Å². The molecule has 0 fully saturated rings. The van der Waals surface area contributed by atoms with Gasteiger partial charge in [-0.25, -0.2) is 32.2 Å². The summed E-state index contributed by atoms with van der Waals surface area (Å²) in [7, 11) is 0. The zero-order chi connectivity index (χ0) is 23.8. The summed E-state index contributed by atoms with van der Waals surface area (Å²) in [4.78, 5) is 8.75. The first kappa shape index (κ1) is 21.5. The quantitative estimate of drug-likeness (QED) is 0.339. The number of benzene rings is 1. The average molecular weight is 468 g/mol. The van der Waals surface area contributed by atoms with Crippen molar-refractivity contribution < 1.29 is 17.6 Å². The lowest BCUT2D eigenvalue weighted by Gasteiger charge is -2.09. The Balaban J connectivity index is 1.49. The molecular weight excluding hydrogens is 452 g/mol. The Labute approximate surface area is 189 Å². The van der Waals surface area contributed by atoms with Gasteiger partial charge < -0.3 is 5.32 Å². The largest absolute Gasteiger partial charge is 0.339 e. The third kappa shape index (κ3) is 4.05. The van der Waals surface area contributed by atoms with Gasteiger partial charge >= 0.3 is 0 Å². The van der Waals surface area contributed by atoms with Crippen LogP contribution in [0.5, 0.6) is 0 Å². The summed E-state index contributed by atoms with van der Waals surface area (Å²) in [5.74, 6) is 0.924. The van der Waals surface area contributed by atoms with Crippen LogP contribution >= 0.6 is 0 Å². The van der Waals surface area contributed by atoms with E-state index in [4.69, 9.17) is 0 Å². The van der Waals surface area contributed by atoms with Crippen LogP contribution in [-0.2, 0) is 0 Å². The molecule has 0 aliphatic heterocycles. The molecule has 4 aromatic heterocycles. The van der Waals surface area contributed by atoms with E-state index in [-0.39, 0.29) is 5.82 Å². The van der Waals surface area contributed by atoms with Crippen molar-refractivity contribution in [1.82, 2.24) is 34.5 Å². The minimum absolute atomic E-state index is 0.0159. The molecule has 0 atom stereocenters. The Morgan fingerprint density at radius 1 is 0.882 bits per heavy atom. The molecular formula is C22H16F4N8. The smallest absolute Gasteiger partial charge is 0.282 e. The zero-order valence-electron chi connectivity index (χ0n) is 17.6. The van der Waals surface area contributed by atoms with Crippen LogP contribution in [-0.4, -0.2) is 34.5 Å². The fraction of sp³-hybridized carbons (Fsp3) is 0.136. The molecule has 5 aromatic rings. The number of anilines is 2. The maximum Gasteiger partial charge on any atom is 0.282 e. The van der Waals surface area contributed by atoms with E-state index in [1.165, 1.54) is 12.4 Å². The zero-order valence-corrected chi connectivity index (χ0v) is 17.6. The van der Waals surface area contributed by atoms with Crippen molar-refractivity contribution in [3.8, 4) is 11.6 Å². The Morgan fingerprint density at radius 3 is 2.44 bits per heavy atom. The highest BCUT2D eigenvalue weighted by molar-refractivity contribution is 5.81. The lowest BCUT2D eigenvalue weighted by molar-refractivity contribution is 0.142. The Kier molecular flexibility index (Phi) is 5.40. The monoisotopic (exact) mass is 468 g/mol. The molecule has 0 aliphatic carbocycles. The number of rotatable bonds is 6. The SMILES string of the molecule is Cc1ccc(Nc2ccc3c(c2)ncn3-c2cccc(-n3nc(C(F)F)cc3C(F)F)n2)nn1. The number of imidazole rings is 1. The summed E-state index contributed by atoms with van der Waals surface area (Å²) in [5.41, 5.74) is 1.49. The summed E-state index contributed by atoms with van der Waals surface area (Å²) in [6, 6.07) is 14.4. The summed E-state index contributed by atoms with van der Waals surface area (Å²) >= 11 is 0. The number of pyridine rings is 1. The molecule has 12 heteroatoms. The number of nitrogens with zero attached hydrogens (tertiary/aromatic N) is 7. The second kappa shape index (κ2) is 8.54.